The van der Waals surface area contributed by atoms with Gasteiger partial charge in [-0.25, -0.2) is 9.78 Å². The summed E-state index contributed by atoms with van der Waals surface area (Å²) in [6, 6.07) is 4.44. The highest BCUT2D eigenvalue weighted by Gasteiger charge is 2.30. The molecule has 2 rings (SSSR count). The molecule has 8 heteroatoms. The average Bonchev–Trinajstić information content (AvgIpc) is 2.81. The van der Waals surface area contributed by atoms with Gasteiger partial charge in [-0.05, 0) is 19.1 Å². The second kappa shape index (κ2) is 6.41. The van der Waals surface area contributed by atoms with Crippen LogP contribution in [-0.2, 0) is 17.5 Å². The zero-order chi connectivity index (χ0) is 17.2. The van der Waals surface area contributed by atoms with Gasteiger partial charge < -0.3 is 14.4 Å². The minimum atomic E-state index is -4.42. The molecule has 0 radical (unpaired) electrons. The molecule has 0 amide bonds. The topological polar surface area (TPSA) is 64.4 Å². The number of methoxy groups -OCH3 is 1. The van der Waals surface area contributed by atoms with E-state index in [2.05, 4.69) is 4.98 Å². The Kier molecular flexibility index (Phi) is 4.74. The van der Waals surface area contributed by atoms with Gasteiger partial charge in [0, 0.05) is 19.2 Å². The van der Waals surface area contributed by atoms with E-state index in [0.717, 1.165) is 12.1 Å². The van der Waals surface area contributed by atoms with Gasteiger partial charge in [0.05, 0.1) is 17.9 Å². The molecule has 0 spiro atoms. The molecule has 0 aliphatic rings. The van der Waals surface area contributed by atoms with E-state index in [9.17, 15) is 23.1 Å². The fourth-order valence-electron chi connectivity index (χ4n) is 2.27. The number of carboxylic acids is 1. The Bertz CT molecular complexity index is 706. The third-order valence-corrected chi connectivity index (χ3v) is 3.33. The van der Waals surface area contributed by atoms with Crippen LogP contribution in [0.3, 0.4) is 0 Å². The monoisotopic (exact) mass is 328 g/mol. The van der Waals surface area contributed by atoms with Crippen molar-refractivity contribution in [2.45, 2.75) is 19.6 Å². The zero-order valence-electron chi connectivity index (χ0n) is 12.5. The molecular weight excluding hydrogens is 313 g/mol. The number of benzene rings is 1. The summed E-state index contributed by atoms with van der Waals surface area (Å²) in [4.78, 5) is 15.6. The second-order valence-electron chi connectivity index (χ2n) is 4.89. The number of aromatic nitrogens is 2. The van der Waals surface area contributed by atoms with Crippen molar-refractivity contribution < 1.29 is 27.8 Å². The zero-order valence-corrected chi connectivity index (χ0v) is 12.5. The van der Waals surface area contributed by atoms with Crippen LogP contribution in [0.25, 0.3) is 11.4 Å². The van der Waals surface area contributed by atoms with Crippen LogP contribution in [0.15, 0.2) is 24.3 Å². The van der Waals surface area contributed by atoms with Crippen LogP contribution in [0.1, 0.15) is 21.7 Å². The second-order valence-corrected chi connectivity index (χ2v) is 4.89. The van der Waals surface area contributed by atoms with Crippen molar-refractivity contribution in [2.24, 2.45) is 0 Å². The number of nitrogens with zero attached hydrogens (tertiary/aromatic N) is 2. The molecule has 0 aliphatic carbocycles. The number of hydrogen-bond acceptors (Lipinski definition) is 3. The maximum absolute atomic E-state index is 12.6. The normalized spacial score (nSPS) is 11.7. The summed E-state index contributed by atoms with van der Waals surface area (Å²) in [6.07, 6.45) is -4.42. The van der Waals surface area contributed by atoms with Crippen molar-refractivity contribution in [1.29, 1.82) is 0 Å². The quantitative estimate of drug-likeness (QED) is 0.915. The molecule has 1 N–H and O–H groups in total. The van der Waals surface area contributed by atoms with Crippen molar-refractivity contribution in [3.8, 4) is 11.4 Å². The summed E-state index contributed by atoms with van der Waals surface area (Å²) in [5.74, 6) is -0.852. The van der Waals surface area contributed by atoms with Gasteiger partial charge in [-0.2, -0.15) is 13.2 Å². The highest BCUT2D eigenvalue weighted by molar-refractivity contribution is 5.88. The number of hydrogen-bond donors (Lipinski definition) is 1. The Labute approximate surface area is 130 Å². The molecule has 0 bridgehead atoms. The van der Waals surface area contributed by atoms with Crippen molar-refractivity contribution in [2.75, 3.05) is 13.7 Å². The van der Waals surface area contributed by atoms with E-state index in [0.29, 0.717) is 17.1 Å². The van der Waals surface area contributed by atoms with Crippen LogP contribution >= 0.6 is 0 Å². The van der Waals surface area contributed by atoms with E-state index >= 15 is 0 Å². The molecule has 2 aromatic rings. The fraction of sp³-hybridized carbons (Fsp3) is 0.333. The summed E-state index contributed by atoms with van der Waals surface area (Å²) in [7, 11) is 1.47. The van der Waals surface area contributed by atoms with Crippen LogP contribution < -0.4 is 0 Å². The first-order chi connectivity index (χ1) is 10.8. The molecule has 0 atom stereocenters. The van der Waals surface area contributed by atoms with Gasteiger partial charge >= 0.3 is 12.1 Å². The first kappa shape index (κ1) is 17.0. The third-order valence-electron chi connectivity index (χ3n) is 3.33. The van der Waals surface area contributed by atoms with Gasteiger partial charge in [-0.15, -0.1) is 0 Å². The van der Waals surface area contributed by atoms with E-state index in [4.69, 9.17) is 4.74 Å². The summed E-state index contributed by atoms with van der Waals surface area (Å²) in [6.45, 7) is 2.03. The Morgan fingerprint density at radius 1 is 1.30 bits per heavy atom. The number of ether oxygens (including phenoxy) is 1. The van der Waals surface area contributed by atoms with Crippen LogP contribution in [0, 0.1) is 6.92 Å². The molecule has 23 heavy (non-hydrogen) atoms. The molecule has 1 heterocycles. The predicted molar refractivity (Wildman–Crippen MR) is 76.2 cm³/mol. The highest BCUT2D eigenvalue weighted by atomic mass is 19.4. The largest absolute Gasteiger partial charge is 0.477 e. The van der Waals surface area contributed by atoms with E-state index < -0.39 is 17.7 Å². The molecule has 0 saturated carbocycles. The smallest absolute Gasteiger partial charge is 0.416 e. The van der Waals surface area contributed by atoms with Crippen molar-refractivity contribution >= 4 is 5.97 Å². The van der Waals surface area contributed by atoms with Crippen molar-refractivity contribution in [1.82, 2.24) is 9.55 Å². The third kappa shape index (κ3) is 3.53. The van der Waals surface area contributed by atoms with Crippen LogP contribution in [0.2, 0.25) is 0 Å². The van der Waals surface area contributed by atoms with E-state index in [1.165, 1.54) is 23.8 Å². The lowest BCUT2D eigenvalue weighted by atomic mass is 10.1. The number of carboxylic acid groups (broad SMARTS) is 1. The maximum atomic E-state index is 12.6. The average molecular weight is 328 g/mol. The summed E-state index contributed by atoms with van der Waals surface area (Å²) >= 11 is 0. The lowest BCUT2D eigenvalue weighted by molar-refractivity contribution is -0.137. The minimum Gasteiger partial charge on any atom is -0.477 e. The van der Waals surface area contributed by atoms with Gasteiger partial charge in [0.2, 0.25) is 0 Å². The lowest BCUT2D eigenvalue weighted by Gasteiger charge is -2.11. The molecule has 1 aromatic heterocycles. The van der Waals surface area contributed by atoms with Crippen molar-refractivity contribution in [3.63, 3.8) is 0 Å². The first-order valence-electron chi connectivity index (χ1n) is 6.72. The van der Waals surface area contributed by atoms with E-state index in [-0.39, 0.29) is 18.8 Å². The van der Waals surface area contributed by atoms with Gasteiger partial charge in [-0.3, -0.25) is 0 Å². The molecule has 0 aliphatic heterocycles. The van der Waals surface area contributed by atoms with Gasteiger partial charge in [0.25, 0.3) is 0 Å². The van der Waals surface area contributed by atoms with Gasteiger partial charge in [0.1, 0.15) is 5.82 Å². The minimum absolute atomic E-state index is 0.00283. The number of alkyl halides is 3. The Hall–Kier alpha value is -2.35. The SMILES string of the molecule is COCCn1c(-c2ccc(C(F)(F)F)cc2)nc(C)c1C(=O)O. The fourth-order valence-corrected chi connectivity index (χ4v) is 2.27. The van der Waals surface area contributed by atoms with Crippen molar-refractivity contribution in [3.05, 3.63) is 41.2 Å². The lowest BCUT2D eigenvalue weighted by Crippen LogP contribution is -2.14. The number of aryl methyl sites for hydroxylation is 1. The number of rotatable bonds is 5. The summed E-state index contributed by atoms with van der Waals surface area (Å²) < 4.78 is 44.3. The Morgan fingerprint density at radius 2 is 1.91 bits per heavy atom. The molecule has 0 unspecified atom stereocenters. The summed E-state index contributed by atoms with van der Waals surface area (Å²) in [5, 5.41) is 9.31. The molecule has 0 fully saturated rings. The molecule has 1 aromatic carbocycles. The number of aromatic carboxylic acids is 1. The molecule has 124 valence electrons. The molecule has 0 saturated heterocycles. The maximum Gasteiger partial charge on any atom is 0.416 e. The van der Waals surface area contributed by atoms with Gasteiger partial charge in [-0.1, -0.05) is 12.1 Å². The Balaban J connectivity index is 2.50. The molecular formula is C15H15F3N2O3. The Morgan fingerprint density at radius 3 is 2.39 bits per heavy atom. The number of halogens is 3. The van der Waals surface area contributed by atoms with E-state index in [1.807, 2.05) is 0 Å². The number of carbonyl (C=O) groups is 1. The standard InChI is InChI=1S/C15H15F3N2O3/c1-9-12(14(21)22)20(7-8-23-2)13(19-9)10-3-5-11(6-4-10)15(16,17)18/h3-6H,7-8H2,1-2H3,(H,21,22). The van der Waals surface area contributed by atoms with Gasteiger partial charge in [0.15, 0.2) is 5.69 Å². The first-order valence-corrected chi connectivity index (χ1v) is 6.72. The molecule has 5 nitrogen and oxygen atoms in total. The summed E-state index contributed by atoms with van der Waals surface area (Å²) in [5.41, 5.74) is -0.0726. The van der Waals surface area contributed by atoms with E-state index in [1.54, 1.807) is 6.92 Å². The van der Waals surface area contributed by atoms with Crippen LogP contribution in [-0.4, -0.2) is 34.3 Å². The van der Waals surface area contributed by atoms with Crippen LogP contribution in [0.4, 0.5) is 13.2 Å². The predicted octanol–water partition coefficient (Wildman–Crippen LogP) is 3.22. The van der Waals surface area contributed by atoms with Crippen LogP contribution in [0.5, 0.6) is 0 Å². The highest BCUT2D eigenvalue weighted by Crippen LogP contribution is 2.31. The number of imidazole rings is 1.